The third kappa shape index (κ3) is 3.76. The predicted molar refractivity (Wildman–Crippen MR) is 84.0 cm³/mol. The Morgan fingerprint density at radius 2 is 1.70 bits per heavy atom. The standard InChI is InChI=1S/C18H33NO/c1-15-6-5-7-16(9-8-15)19-17-10-13-20-18(14-17)11-3-2-4-12-18/h15-17,19H,2-14H2,1H3. The number of nitrogens with one attached hydrogen (secondary N) is 1. The van der Waals surface area contributed by atoms with Gasteiger partial charge in [-0.2, -0.15) is 0 Å². The minimum atomic E-state index is 0.256. The fourth-order valence-corrected chi connectivity index (χ4v) is 4.70. The third-order valence-corrected chi connectivity index (χ3v) is 5.99. The lowest BCUT2D eigenvalue weighted by molar-refractivity contribution is -0.110. The van der Waals surface area contributed by atoms with Gasteiger partial charge < -0.3 is 10.1 Å². The summed E-state index contributed by atoms with van der Waals surface area (Å²) in [6, 6.07) is 1.50. The van der Waals surface area contributed by atoms with Crippen LogP contribution in [-0.2, 0) is 4.74 Å². The summed E-state index contributed by atoms with van der Waals surface area (Å²) >= 11 is 0. The summed E-state index contributed by atoms with van der Waals surface area (Å²) in [6.07, 6.45) is 16.4. The quantitative estimate of drug-likeness (QED) is 0.755. The topological polar surface area (TPSA) is 21.3 Å². The van der Waals surface area contributed by atoms with Gasteiger partial charge in [-0.3, -0.25) is 0 Å². The highest BCUT2D eigenvalue weighted by Gasteiger charge is 2.38. The smallest absolute Gasteiger partial charge is 0.0697 e. The van der Waals surface area contributed by atoms with Crippen LogP contribution in [0, 0.1) is 5.92 Å². The summed E-state index contributed by atoms with van der Waals surface area (Å²) in [5.41, 5.74) is 0.256. The fourth-order valence-electron chi connectivity index (χ4n) is 4.70. The van der Waals surface area contributed by atoms with Crippen LogP contribution < -0.4 is 5.32 Å². The van der Waals surface area contributed by atoms with Gasteiger partial charge in [-0.05, 0) is 50.9 Å². The zero-order chi connectivity index (χ0) is 13.8. The Morgan fingerprint density at radius 3 is 2.55 bits per heavy atom. The number of ether oxygens (including phenoxy) is 1. The normalized spacial score (nSPS) is 38.5. The van der Waals surface area contributed by atoms with Crippen molar-refractivity contribution in [3.8, 4) is 0 Å². The Labute approximate surface area is 125 Å². The SMILES string of the molecule is CC1CCCC(NC2CCOC3(CCCCC3)C2)CC1. The van der Waals surface area contributed by atoms with E-state index in [4.69, 9.17) is 4.74 Å². The molecule has 2 nitrogen and oxygen atoms in total. The number of hydrogen-bond donors (Lipinski definition) is 1. The van der Waals surface area contributed by atoms with Crippen LogP contribution in [0.4, 0.5) is 0 Å². The molecule has 3 aliphatic rings. The zero-order valence-electron chi connectivity index (χ0n) is 13.3. The van der Waals surface area contributed by atoms with Gasteiger partial charge in [-0.15, -0.1) is 0 Å². The van der Waals surface area contributed by atoms with Crippen molar-refractivity contribution >= 4 is 0 Å². The van der Waals surface area contributed by atoms with Crippen LogP contribution in [0.1, 0.15) is 84.0 Å². The van der Waals surface area contributed by atoms with Crippen molar-refractivity contribution in [1.82, 2.24) is 5.32 Å². The highest BCUT2D eigenvalue weighted by atomic mass is 16.5. The maximum atomic E-state index is 6.23. The molecule has 1 heterocycles. The molecule has 0 aromatic heterocycles. The molecule has 3 rings (SSSR count). The van der Waals surface area contributed by atoms with E-state index in [0.717, 1.165) is 24.6 Å². The largest absolute Gasteiger partial charge is 0.375 e. The fraction of sp³-hybridized carbons (Fsp3) is 1.00. The Bertz CT molecular complexity index is 292. The van der Waals surface area contributed by atoms with E-state index in [-0.39, 0.29) is 5.60 Å². The molecule has 20 heavy (non-hydrogen) atoms. The van der Waals surface area contributed by atoms with Crippen molar-refractivity contribution < 1.29 is 4.74 Å². The third-order valence-electron chi connectivity index (χ3n) is 5.99. The highest BCUT2D eigenvalue weighted by molar-refractivity contribution is 4.93. The van der Waals surface area contributed by atoms with Gasteiger partial charge in [0.1, 0.15) is 0 Å². The monoisotopic (exact) mass is 279 g/mol. The minimum absolute atomic E-state index is 0.256. The molecule has 2 saturated carbocycles. The maximum Gasteiger partial charge on any atom is 0.0697 e. The lowest BCUT2D eigenvalue weighted by Gasteiger charge is -2.44. The van der Waals surface area contributed by atoms with Gasteiger partial charge >= 0.3 is 0 Å². The first kappa shape index (κ1) is 14.8. The first-order valence-corrected chi connectivity index (χ1v) is 9.16. The van der Waals surface area contributed by atoms with E-state index in [1.54, 1.807) is 0 Å². The Balaban J connectivity index is 1.51. The molecule has 0 aromatic rings. The Hall–Kier alpha value is -0.0800. The second kappa shape index (κ2) is 6.79. The van der Waals surface area contributed by atoms with Crippen LogP contribution in [0.15, 0.2) is 0 Å². The summed E-state index contributed by atoms with van der Waals surface area (Å²) in [4.78, 5) is 0. The number of rotatable bonds is 2. The number of hydrogen-bond acceptors (Lipinski definition) is 2. The van der Waals surface area contributed by atoms with E-state index >= 15 is 0 Å². The van der Waals surface area contributed by atoms with E-state index in [1.165, 1.54) is 77.0 Å². The summed E-state index contributed by atoms with van der Waals surface area (Å²) in [7, 11) is 0. The van der Waals surface area contributed by atoms with Crippen molar-refractivity contribution in [2.24, 2.45) is 5.92 Å². The van der Waals surface area contributed by atoms with E-state index in [0.29, 0.717) is 0 Å². The molecule has 0 bridgehead atoms. The minimum Gasteiger partial charge on any atom is -0.375 e. The van der Waals surface area contributed by atoms with Crippen molar-refractivity contribution in [2.75, 3.05) is 6.61 Å². The molecule has 1 aliphatic heterocycles. The van der Waals surface area contributed by atoms with E-state index in [2.05, 4.69) is 12.2 Å². The van der Waals surface area contributed by atoms with Crippen LogP contribution >= 0.6 is 0 Å². The molecule has 3 unspecified atom stereocenters. The lowest BCUT2D eigenvalue weighted by Crippen LogP contribution is -2.50. The maximum absolute atomic E-state index is 6.23. The van der Waals surface area contributed by atoms with Gasteiger partial charge in [0.2, 0.25) is 0 Å². The summed E-state index contributed by atoms with van der Waals surface area (Å²) < 4.78 is 6.23. The lowest BCUT2D eigenvalue weighted by atomic mass is 9.78. The van der Waals surface area contributed by atoms with Crippen LogP contribution in [0.25, 0.3) is 0 Å². The van der Waals surface area contributed by atoms with Crippen molar-refractivity contribution in [3.05, 3.63) is 0 Å². The average molecular weight is 279 g/mol. The van der Waals surface area contributed by atoms with Gasteiger partial charge in [0.15, 0.2) is 0 Å². The predicted octanol–water partition coefficient (Wildman–Crippen LogP) is 4.43. The molecule has 1 spiro atoms. The van der Waals surface area contributed by atoms with Crippen LogP contribution in [-0.4, -0.2) is 24.3 Å². The first-order chi connectivity index (χ1) is 9.76. The van der Waals surface area contributed by atoms with Crippen molar-refractivity contribution in [3.63, 3.8) is 0 Å². The summed E-state index contributed by atoms with van der Waals surface area (Å²) in [6.45, 7) is 3.41. The summed E-state index contributed by atoms with van der Waals surface area (Å²) in [5, 5.41) is 4.01. The molecule has 2 heteroatoms. The van der Waals surface area contributed by atoms with Crippen molar-refractivity contribution in [2.45, 2.75) is 102 Å². The highest BCUT2D eigenvalue weighted by Crippen LogP contribution is 2.39. The molecule has 1 saturated heterocycles. The average Bonchev–Trinajstić information content (AvgIpc) is 2.65. The van der Waals surface area contributed by atoms with Gasteiger partial charge in [0.05, 0.1) is 5.60 Å². The first-order valence-electron chi connectivity index (χ1n) is 9.16. The molecule has 116 valence electrons. The molecule has 0 radical (unpaired) electrons. The van der Waals surface area contributed by atoms with E-state index in [9.17, 15) is 0 Å². The van der Waals surface area contributed by atoms with E-state index in [1.807, 2.05) is 0 Å². The van der Waals surface area contributed by atoms with Gasteiger partial charge in [0, 0.05) is 18.7 Å². The van der Waals surface area contributed by atoms with Crippen LogP contribution in [0.5, 0.6) is 0 Å². The van der Waals surface area contributed by atoms with Crippen LogP contribution in [0.3, 0.4) is 0 Å². The molecule has 0 aromatic carbocycles. The van der Waals surface area contributed by atoms with Gasteiger partial charge in [0.25, 0.3) is 0 Å². The molecule has 0 amide bonds. The molecular weight excluding hydrogens is 246 g/mol. The molecular formula is C18H33NO. The van der Waals surface area contributed by atoms with Gasteiger partial charge in [-0.1, -0.05) is 39.0 Å². The molecule has 2 aliphatic carbocycles. The Kier molecular flexibility index (Phi) is 5.04. The van der Waals surface area contributed by atoms with Crippen molar-refractivity contribution in [1.29, 1.82) is 0 Å². The summed E-state index contributed by atoms with van der Waals surface area (Å²) in [5.74, 6) is 0.946. The second-order valence-corrected chi connectivity index (χ2v) is 7.76. The van der Waals surface area contributed by atoms with E-state index < -0.39 is 0 Å². The Morgan fingerprint density at radius 1 is 0.850 bits per heavy atom. The second-order valence-electron chi connectivity index (χ2n) is 7.76. The molecule has 3 atom stereocenters. The van der Waals surface area contributed by atoms with Gasteiger partial charge in [-0.25, -0.2) is 0 Å². The molecule has 1 N–H and O–H groups in total. The zero-order valence-corrected chi connectivity index (χ0v) is 13.3. The molecule has 3 fully saturated rings. The van der Waals surface area contributed by atoms with Crippen LogP contribution in [0.2, 0.25) is 0 Å².